The van der Waals surface area contributed by atoms with Crippen LogP contribution >= 0.6 is 12.6 Å². The Kier molecular flexibility index (Phi) is 22.1. The van der Waals surface area contributed by atoms with Crippen molar-refractivity contribution in [2.24, 2.45) is 5.73 Å². The van der Waals surface area contributed by atoms with Crippen LogP contribution in [-0.2, 0) is 81.7 Å². The van der Waals surface area contributed by atoms with Crippen LogP contribution in [-0.4, -0.2) is 201 Å². The van der Waals surface area contributed by atoms with Gasteiger partial charge in [-0.15, -0.1) is 0 Å². The summed E-state index contributed by atoms with van der Waals surface area (Å²) in [7, 11) is 0. The fourth-order valence-electron chi connectivity index (χ4n) is 7.73. The van der Waals surface area contributed by atoms with Crippen LogP contribution in [0.3, 0.4) is 0 Å². The maximum atomic E-state index is 14.7. The number of nitrogens with one attached hydrogen (secondary N) is 14. The first-order chi connectivity index (χ1) is 38.4. The molecule has 10 atom stereocenters. The van der Waals surface area contributed by atoms with E-state index in [0.717, 1.165) is 0 Å². The Bertz CT molecular complexity index is 2920. The van der Waals surface area contributed by atoms with Gasteiger partial charge in [-0.1, -0.05) is 0 Å². The number of aliphatic hydroxyl groups is 2. The van der Waals surface area contributed by atoms with Crippen LogP contribution < -0.4 is 48.3 Å². The van der Waals surface area contributed by atoms with Gasteiger partial charge in [0.25, 0.3) is 0 Å². The third-order valence-corrected chi connectivity index (χ3v) is 12.5. The zero-order valence-electron chi connectivity index (χ0n) is 42.6. The molecule has 0 aliphatic heterocycles. The largest absolute Gasteiger partial charge is 0.480 e. The number of nitrogens with zero attached hydrogens (tertiary/aromatic N) is 6. The number of aromatic amines is 6. The van der Waals surface area contributed by atoms with Gasteiger partial charge in [0.15, 0.2) is 0 Å². The summed E-state index contributed by atoms with van der Waals surface area (Å²) in [5.41, 5.74) is 7.83. The van der Waals surface area contributed by atoms with E-state index < -0.39 is 120 Å². The number of aromatic nitrogens is 12. The molecule has 0 fully saturated rings. The number of rotatable bonds is 32. The molecule has 0 radical (unpaired) electrons. The summed E-state index contributed by atoms with van der Waals surface area (Å²) < 4.78 is 0. The number of carboxylic acid groups (broad SMARTS) is 1. The van der Waals surface area contributed by atoms with E-state index in [2.05, 4.69) is 115 Å². The molecule has 6 rings (SSSR count). The first-order valence-electron chi connectivity index (χ1n) is 24.6. The Morgan fingerprint density at radius 1 is 0.425 bits per heavy atom. The highest BCUT2D eigenvalue weighted by Crippen LogP contribution is 2.10. The summed E-state index contributed by atoms with van der Waals surface area (Å²) in [6.45, 7) is 0.304. The van der Waals surface area contributed by atoms with Crippen LogP contribution in [0.4, 0.5) is 0 Å². The van der Waals surface area contributed by atoms with Crippen LogP contribution in [0.5, 0.6) is 0 Å². The number of carboxylic acids is 1. The molecule has 8 amide bonds. The maximum absolute atomic E-state index is 14.7. The molecule has 6 aromatic rings. The van der Waals surface area contributed by atoms with E-state index in [0.29, 0.717) is 34.2 Å². The van der Waals surface area contributed by atoms with Gasteiger partial charge in [-0.2, -0.15) is 12.6 Å². The highest BCUT2D eigenvalue weighted by Gasteiger charge is 2.36. The molecule has 34 heteroatoms. The molecule has 0 unspecified atom stereocenters. The molecule has 0 aromatic carbocycles. The zero-order valence-corrected chi connectivity index (χ0v) is 43.5. The number of carbonyl (C=O) groups excluding carboxylic acids is 8. The summed E-state index contributed by atoms with van der Waals surface area (Å²) in [5, 5.41) is 49.7. The Morgan fingerprint density at radius 2 is 0.637 bits per heavy atom. The highest BCUT2D eigenvalue weighted by atomic mass is 32.1. The van der Waals surface area contributed by atoms with Crippen molar-refractivity contribution in [1.29, 1.82) is 0 Å². The third-order valence-electron chi connectivity index (χ3n) is 12.1. The van der Waals surface area contributed by atoms with Gasteiger partial charge in [0, 0.05) is 116 Å². The lowest BCUT2D eigenvalue weighted by Crippen LogP contribution is -2.62. The Labute approximate surface area is 458 Å². The molecular formula is C46H61N21O12S. The summed E-state index contributed by atoms with van der Waals surface area (Å²) in [6.07, 6.45) is 13.5. The number of aliphatic carboxylic acids is 1. The minimum absolute atomic E-state index is 0.188. The molecule has 80 heavy (non-hydrogen) atoms. The van der Waals surface area contributed by atoms with Crippen molar-refractivity contribution >= 4 is 65.9 Å². The van der Waals surface area contributed by atoms with E-state index >= 15 is 0 Å². The van der Waals surface area contributed by atoms with Gasteiger partial charge >= 0.3 is 5.97 Å². The molecule has 6 heterocycles. The number of amides is 8. The molecule has 0 bridgehead atoms. The second-order valence-electron chi connectivity index (χ2n) is 18.1. The lowest BCUT2D eigenvalue weighted by atomic mass is 10.0. The van der Waals surface area contributed by atoms with Crippen molar-refractivity contribution in [2.75, 3.05) is 12.4 Å². The fraction of sp³-hybridized carbons (Fsp3) is 0.413. The molecule has 0 saturated heterocycles. The van der Waals surface area contributed by atoms with Crippen molar-refractivity contribution < 1.29 is 58.5 Å². The number of carbonyl (C=O) groups is 9. The lowest BCUT2D eigenvalue weighted by molar-refractivity contribution is -0.141. The number of thiol groups is 1. The van der Waals surface area contributed by atoms with E-state index in [1.54, 1.807) is 0 Å². The van der Waals surface area contributed by atoms with Crippen LogP contribution in [0.1, 0.15) is 41.1 Å². The van der Waals surface area contributed by atoms with Crippen LogP contribution in [0.2, 0.25) is 0 Å². The molecule has 6 aromatic heterocycles. The summed E-state index contributed by atoms with van der Waals surface area (Å²) in [4.78, 5) is 165. The van der Waals surface area contributed by atoms with E-state index in [-0.39, 0.29) is 44.3 Å². The average molecular weight is 1130 g/mol. The monoisotopic (exact) mass is 1130 g/mol. The average Bonchev–Trinajstić information content (AvgIpc) is 4.30. The predicted octanol–water partition coefficient (Wildman–Crippen LogP) is -6.63. The number of imidazole rings is 6. The Hall–Kier alpha value is -9.28. The van der Waals surface area contributed by atoms with Crippen molar-refractivity contribution in [3.8, 4) is 0 Å². The van der Waals surface area contributed by atoms with E-state index in [9.17, 15) is 58.5 Å². The smallest absolute Gasteiger partial charge is 0.327 e. The number of hydrogen-bond donors (Lipinski definition) is 19. The molecule has 0 aliphatic rings. The summed E-state index contributed by atoms with van der Waals surface area (Å²) >= 11 is 4.02. The van der Waals surface area contributed by atoms with Gasteiger partial charge < -0.3 is 93.5 Å². The van der Waals surface area contributed by atoms with Gasteiger partial charge in [-0.3, -0.25) is 38.4 Å². The number of nitrogens with two attached hydrogens (primary N) is 1. The lowest BCUT2D eigenvalue weighted by Gasteiger charge is -2.28. The normalized spacial score (nSPS) is 15.0. The fourth-order valence-corrected chi connectivity index (χ4v) is 7.97. The summed E-state index contributed by atoms with van der Waals surface area (Å²) in [5.74, 6) is -9.25. The molecular weight excluding hydrogens is 1070 g/mol. The quantitative estimate of drug-likeness (QED) is 0.0175. The van der Waals surface area contributed by atoms with E-state index in [1.807, 2.05) is 0 Å². The Balaban J connectivity index is 1.25. The number of hydrogen-bond acceptors (Lipinski definition) is 19. The van der Waals surface area contributed by atoms with E-state index in [1.165, 1.54) is 82.1 Å². The second kappa shape index (κ2) is 29.5. The van der Waals surface area contributed by atoms with Crippen LogP contribution in [0.15, 0.2) is 75.1 Å². The van der Waals surface area contributed by atoms with Gasteiger partial charge in [0.1, 0.15) is 54.4 Å². The van der Waals surface area contributed by atoms with Gasteiger partial charge in [0.05, 0.1) is 50.7 Å². The first-order valence-corrected chi connectivity index (χ1v) is 25.2. The third kappa shape index (κ3) is 17.9. The van der Waals surface area contributed by atoms with Crippen molar-refractivity contribution in [1.82, 2.24) is 102 Å². The van der Waals surface area contributed by atoms with Crippen molar-refractivity contribution in [3.63, 3.8) is 0 Å². The first kappa shape index (κ1) is 60.0. The highest BCUT2D eigenvalue weighted by molar-refractivity contribution is 7.80. The number of aliphatic hydroxyl groups excluding tert-OH is 2. The second-order valence-corrected chi connectivity index (χ2v) is 18.5. The minimum Gasteiger partial charge on any atom is -0.480 e. The zero-order chi connectivity index (χ0) is 57.7. The van der Waals surface area contributed by atoms with Gasteiger partial charge in [-0.25, -0.2) is 34.7 Å². The molecule has 0 spiro atoms. The molecule has 0 saturated carbocycles. The molecule has 19 N–H and O–H groups in total. The number of H-pyrrole nitrogens is 6. The van der Waals surface area contributed by atoms with Crippen molar-refractivity contribution in [3.05, 3.63) is 109 Å². The maximum Gasteiger partial charge on any atom is 0.327 e. The predicted molar refractivity (Wildman–Crippen MR) is 277 cm³/mol. The standard InChI is InChI=1S/C46H61N21O12S/c1-22(69)37(47)45(77)66-35(14-68)44(76)65-33(6-27-12-52-20-58-27)42(74)63-31(4-25-10-50-18-56-25)40(72)61-29(2-23-8-48-16-54-23)38(70)60-30(3-24-9-49-17-55-24)39(71)62-32(5-26-11-51-19-57-26)41(73)64-34(7-28-13-53-21-59-28)43(75)67-36(15-80)46(78)79/h8-13,16-22,29-37,68-69,80H,2-7,14-15,47H2,1H3,(H,48,54)(H,49,55)(H,50,56)(H,51,57)(H,52,58)(H,53,59)(H,60,70)(H,61,72)(H,62,71)(H,63,74)(H,64,73)(H,65,76)(H,66,77)(H,67,75)(H,78,79)/t22-,29+,30+,31+,32+,33+,34+,35+,36+,37+/m1/s1. The molecule has 428 valence electrons. The summed E-state index contributed by atoms with van der Waals surface area (Å²) in [6, 6.07) is -13.5. The van der Waals surface area contributed by atoms with Gasteiger partial charge in [0.2, 0.25) is 47.3 Å². The van der Waals surface area contributed by atoms with E-state index in [4.69, 9.17) is 5.73 Å². The molecule has 0 aliphatic carbocycles. The SMILES string of the molecule is C[C@@H](O)[C@H](N)C(=O)N[C@@H](CO)C(=O)N[C@@H](Cc1cnc[nH]1)C(=O)N[C@@H](Cc1cnc[nH]1)C(=O)N[C@@H](Cc1cnc[nH]1)C(=O)N[C@@H](Cc1cnc[nH]1)C(=O)N[C@@H](Cc1cnc[nH]1)C(=O)N[C@@H](Cc1cnc[nH]1)C(=O)N[C@@H](CS)C(=O)O. The Morgan fingerprint density at radius 3 is 0.812 bits per heavy atom. The van der Waals surface area contributed by atoms with Crippen LogP contribution in [0.25, 0.3) is 0 Å². The van der Waals surface area contributed by atoms with Gasteiger partial charge in [-0.05, 0) is 6.92 Å². The minimum atomic E-state index is -1.64. The van der Waals surface area contributed by atoms with Crippen molar-refractivity contribution in [2.45, 2.75) is 106 Å². The topological polar surface area (TPSA) is 509 Å². The molecule has 33 nitrogen and oxygen atoms in total. The van der Waals surface area contributed by atoms with Crippen LogP contribution in [0, 0.1) is 0 Å².